The lowest BCUT2D eigenvalue weighted by molar-refractivity contribution is 0.0928. The second kappa shape index (κ2) is 6.76. The van der Waals surface area contributed by atoms with E-state index >= 15 is 0 Å². The number of halogens is 1. The molecule has 0 aromatic carbocycles. The summed E-state index contributed by atoms with van der Waals surface area (Å²) in [5.74, 6) is 0.643. The molecule has 1 amide bonds. The van der Waals surface area contributed by atoms with Crippen LogP contribution in [0.5, 0.6) is 0 Å². The molecule has 0 bridgehead atoms. The molecule has 1 fully saturated rings. The van der Waals surface area contributed by atoms with E-state index in [0.717, 1.165) is 29.8 Å². The maximum absolute atomic E-state index is 12.3. The maximum Gasteiger partial charge on any atom is 0.267 e. The van der Waals surface area contributed by atoms with Gasteiger partial charge in [0.1, 0.15) is 5.69 Å². The van der Waals surface area contributed by atoms with Crippen LogP contribution in [-0.4, -0.2) is 42.1 Å². The molecule has 1 saturated heterocycles. The van der Waals surface area contributed by atoms with Crippen molar-refractivity contribution in [1.82, 2.24) is 14.8 Å². The topological polar surface area (TPSA) is 37.3 Å². The molecule has 0 atom stereocenters. The zero-order chi connectivity index (χ0) is 14.7. The van der Waals surface area contributed by atoms with Gasteiger partial charge in [0.25, 0.3) is 5.91 Å². The monoisotopic (exact) mass is 341 g/mol. The van der Waals surface area contributed by atoms with E-state index in [1.54, 1.807) is 0 Å². The van der Waals surface area contributed by atoms with Gasteiger partial charge in [-0.25, -0.2) is 0 Å². The van der Waals surface area contributed by atoms with Crippen molar-refractivity contribution in [3.63, 3.8) is 0 Å². The Kier molecular flexibility index (Phi) is 5.27. The lowest BCUT2D eigenvalue weighted by atomic mass is 9.97. The molecule has 0 spiro atoms. The van der Waals surface area contributed by atoms with Crippen LogP contribution in [0.3, 0.4) is 0 Å². The Bertz CT molecular complexity index is 462. The van der Waals surface area contributed by atoms with Gasteiger partial charge in [0.2, 0.25) is 0 Å². The molecule has 1 aromatic heterocycles. The van der Waals surface area contributed by atoms with E-state index in [2.05, 4.69) is 47.0 Å². The summed E-state index contributed by atoms with van der Waals surface area (Å²) in [6, 6.07) is 2.18. The highest BCUT2D eigenvalue weighted by Gasteiger charge is 2.19. The van der Waals surface area contributed by atoms with Crippen LogP contribution in [0.25, 0.3) is 0 Å². The summed E-state index contributed by atoms with van der Waals surface area (Å²) >= 11 is 3.45. The highest BCUT2D eigenvalue weighted by molar-refractivity contribution is 9.10. The number of carbonyl (C=O) groups excluding carboxylic acids is 1. The number of hydrogen-bond acceptors (Lipinski definition) is 2. The van der Waals surface area contributed by atoms with Crippen LogP contribution >= 0.6 is 15.9 Å². The van der Waals surface area contributed by atoms with Gasteiger partial charge in [-0.05, 0) is 74.7 Å². The van der Waals surface area contributed by atoms with Crippen molar-refractivity contribution >= 4 is 21.8 Å². The average molecular weight is 342 g/mol. The van der Waals surface area contributed by atoms with Crippen molar-refractivity contribution in [2.24, 2.45) is 5.92 Å². The molecule has 1 aliphatic rings. The molecule has 1 aromatic rings. The fourth-order valence-electron chi connectivity index (χ4n) is 2.65. The molecule has 20 heavy (non-hydrogen) atoms. The summed E-state index contributed by atoms with van der Waals surface area (Å²) in [5.41, 5.74) is 0.736. The van der Waals surface area contributed by atoms with E-state index in [0.29, 0.717) is 5.92 Å². The third-order valence-electron chi connectivity index (χ3n) is 3.99. The van der Waals surface area contributed by atoms with E-state index in [-0.39, 0.29) is 11.9 Å². The van der Waals surface area contributed by atoms with Crippen molar-refractivity contribution in [3.05, 3.63) is 22.4 Å². The minimum atomic E-state index is 0.0309. The number of carbonyl (C=O) groups is 1. The Labute approximate surface area is 129 Å². The second-order valence-corrected chi connectivity index (χ2v) is 6.92. The van der Waals surface area contributed by atoms with Gasteiger partial charge in [0, 0.05) is 23.3 Å². The molecule has 0 aliphatic carbocycles. The van der Waals surface area contributed by atoms with Crippen molar-refractivity contribution in [2.75, 3.05) is 26.7 Å². The van der Waals surface area contributed by atoms with Gasteiger partial charge in [-0.1, -0.05) is 0 Å². The molecular weight excluding hydrogens is 318 g/mol. The van der Waals surface area contributed by atoms with E-state index in [1.807, 2.05) is 16.8 Å². The van der Waals surface area contributed by atoms with Crippen LogP contribution < -0.4 is 5.32 Å². The van der Waals surface area contributed by atoms with Gasteiger partial charge in [-0.2, -0.15) is 0 Å². The first-order chi connectivity index (χ1) is 9.47. The van der Waals surface area contributed by atoms with Crippen LogP contribution in [-0.2, 0) is 0 Å². The molecule has 0 unspecified atom stereocenters. The minimum Gasteiger partial charge on any atom is -0.350 e. The molecular formula is C15H24BrN3O. The lowest BCUT2D eigenvalue weighted by Crippen LogP contribution is -2.37. The van der Waals surface area contributed by atoms with E-state index in [1.165, 1.54) is 12.8 Å². The van der Waals surface area contributed by atoms with Crippen molar-refractivity contribution in [2.45, 2.75) is 32.7 Å². The van der Waals surface area contributed by atoms with E-state index < -0.39 is 0 Å². The van der Waals surface area contributed by atoms with Gasteiger partial charge in [0.05, 0.1) is 0 Å². The number of piperidine rings is 1. The number of amides is 1. The molecule has 2 rings (SSSR count). The van der Waals surface area contributed by atoms with Gasteiger partial charge < -0.3 is 14.8 Å². The van der Waals surface area contributed by atoms with Gasteiger partial charge in [-0.15, -0.1) is 0 Å². The van der Waals surface area contributed by atoms with E-state index in [4.69, 9.17) is 0 Å². The number of hydrogen-bond donors (Lipinski definition) is 1. The third-order valence-corrected chi connectivity index (χ3v) is 4.43. The van der Waals surface area contributed by atoms with Crippen LogP contribution in [0.2, 0.25) is 0 Å². The largest absolute Gasteiger partial charge is 0.350 e. The number of nitrogens with one attached hydrogen (secondary N) is 1. The van der Waals surface area contributed by atoms with Crippen molar-refractivity contribution in [3.8, 4) is 0 Å². The first kappa shape index (κ1) is 15.6. The second-order valence-electron chi connectivity index (χ2n) is 6.00. The van der Waals surface area contributed by atoms with Crippen LogP contribution in [0, 0.1) is 5.92 Å². The Hall–Kier alpha value is -0.810. The Balaban J connectivity index is 1.92. The number of aromatic nitrogens is 1. The quantitative estimate of drug-likeness (QED) is 0.914. The van der Waals surface area contributed by atoms with Gasteiger partial charge in [0.15, 0.2) is 0 Å². The average Bonchev–Trinajstić information content (AvgIpc) is 2.80. The molecule has 1 N–H and O–H groups in total. The first-order valence-electron chi connectivity index (χ1n) is 7.31. The number of nitrogens with zero attached hydrogens (tertiary/aromatic N) is 2. The summed E-state index contributed by atoms with van der Waals surface area (Å²) in [6.07, 6.45) is 4.31. The fourth-order valence-corrected chi connectivity index (χ4v) is 3.09. The lowest BCUT2D eigenvalue weighted by Gasteiger charge is -2.29. The molecule has 2 heterocycles. The predicted octanol–water partition coefficient (Wildman–Crippen LogP) is 2.90. The molecule has 5 heteroatoms. The molecule has 0 saturated carbocycles. The standard InChI is InChI=1S/C15H24BrN3O/c1-11(2)19-10-13(16)8-14(19)15(20)17-9-12-4-6-18(3)7-5-12/h8,10-12H,4-7,9H2,1-3H3,(H,17,20). The Morgan fingerprint density at radius 3 is 2.70 bits per heavy atom. The van der Waals surface area contributed by atoms with Crippen molar-refractivity contribution < 1.29 is 4.79 Å². The van der Waals surface area contributed by atoms with Crippen LogP contribution in [0.1, 0.15) is 43.2 Å². The third kappa shape index (κ3) is 3.85. The normalized spacial score (nSPS) is 17.6. The molecule has 0 radical (unpaired) electrons. The summed E-state index contributed by atoms with van der Waals surface area (Å²) in [4.78, 5) is 14.7. The summed E-state index contributed by atoms with van der Waals surface area (Å²) in [7, 11) is 2.15. The Morgan fingerprint density at radius 2 is 2.10 bits per heavy atom. The SMILES string of the molecule is CC(C)n1cc(Br)cc1C(=O)NCC1CCN(C)CC1. The molecule has 112 valence electrons. The molecule has 1 aliphatic heterocycles. The highest BCUT2D eigenvalue weighted by Crippen LogP contribution is 2.20. The smallest absolute Gasteiger partial charge is 0.267 e. The minimum absolute atomic E-state index is 0.0309. The highest BCUT2D eigenvalue weighted by atomic mass is 79.9. The summed E-state index contributed by atoms with van der Waals surface area (Å²) in [5, 5.41) is 3.09. The van der Waals surface area contributed by atoms with Gasteiger partial charge in [-0.3, -0.25) is 4.79 Å². The fraction of sp³-hybridized carbons (Fsp3) is 0.667. The number of rotatable bonds is 4. The first-order valence-corrected chi connectivity index (χ1v) is 8.10. The Morgan fingerprint density at radius 1 is 1.45 bits per heavy atom. The van der Waals surface area contributed by atoms with Gasteiger partial charge >= 0.3 is 0 Å². The van der Waals surface area contributed by atoms with Crippen LogP contribution in [0.15, 0.2) is 16.7 Å². The molecule has 4 nitrogen and oxygen atoms in total. The summed E-state index contributed by atoms with van der Waals surface area (Å²) < 4.78 is 2.96. The van der Waals surface area contributed by atoms with E-state index in [9.17, 15) is 4.79 Å². The summed E-state index contributed by atoms with van der Waals surface area (Å²) in [6.45, 7) is 7.22. The number of likely N-dealkylation sites (tertiary alicyclic amines) is 1. The predicted molar refractivity (Wildman–Crippen MR) is 85.1 cm³/mol. The van der Waals surface area contributed by atoms with Crippen molar-refractivity contribution in [1.29, 1.82) is 0 Å². The maximum atomic E-state index is 12.3. The zero-order valence-electron chi connectivity index (χ0n) is 12.5. The van der Waals surface area contributed by atoms with Crippen LogP contribution in [0.4, 0.5) is 0 Å². The zero-order valence-corrected chi connectivity index (χ0v) is 14.1.